The minimum absolute atomic E-state index is 0.229. The number of aromatic nitrogens is 1. The Morgan fingerprint density at radius 1 is 1.56 bits per heavy atom. The van der Waals surface area contributed by atoms with Crippen LogP contribution in [0.3, 0.4) is 0 Å². The zero-order chi connectivity index (χ0) is 13.3. The van der Waals surface area contributed by atoms with Crippen molar-refractivity contribution in [3.8, 4) is 0 Å². The van der Waals surface area contributed by atoms with Gasteiger partial charge < -0.3 is 10.0 Å². The predicted octanol–water partition coefficient (Wildman–Crippen LogP) is 3.06. The molecule has 98 valence electrons. The van der Waals surface area contributed by atoms with Gasteiger partial charge in [-0.05, 0) is 30.9 Å². The molecule has 0 radical (unpaired) electrons. The van der Waals surface area contributed by atoms with Crippen molar-refractivity contribution in [3.05, 3.63) is 22.8 Å². The average molecular weight is 269 g/mol. The lowest BCUT2D eigenvalue weighted by Gasteiger charge is -2.26. The molecule has 0 spiro atoms. The van der Waals surface area contributed by atoms with Crippen molar-refractivity contribution in [3.63, 3.8) is 0 Å². The summed E-state index contributed by atoms with van der Waals surface area (Å²) in [5.41, 5.74) is 0.229. The van der Waals surface area contributed by atoms with Crippen molar-refractivity contribution in [1.29, 1.82) is 0 Å². The molecular formula is C13H17ClN2O2. The molecule has 4 nitrogen and oxygen atoms in total. The largest absolute Gasteiger partial charge is 0.478 e. The summed E-state index contributed by atoms with van der Waals surface area (Å²) in [5, 5.41) is 9.57. The number of anilines is 1. The van der Waals surface area contributed by atoms with Gasteiger partial charge in [0.1, 0.15) is 16.5 Å². The van der Waals surface area contributed by atoms with Gasteiger partial charge in [0.25, 0.3) is 0 Å². The number of halogens is 1. The summed E-state index contributed by atoms with van der Waals surface area (Å²) in [6.45, 7) is 5.03. The molecule has 0 aromatic carbocycles. The zero-order valence-electron chi connectivity index (χ0n) is 10.6. The average Bonchev–Trinajstić information content (AvgIpc) is 3.08. The highest BCUT2D eigenvalue weighted by molar-refractivity contribution is 6.29. The number of hydrogen-bond acceptors (Lipinski definition) is 3. The van der Waals surface area contributed by atoms with E-state index < -0.39 is 5.97 Å². The molecule has 1 saturated carbocycles. The smallest absolute Gasteiger partial charge is 0.339 e. The number of hydrogen-bond donors (Lipinski definition) is 1. The van der Waals surface area contributed by atoms with E-state index in [-0.39, 0.29) is 5.56 Å². The summed E-state index contributed by atoms with van der Waals surface area (Å²) in [4.78, 5) is 17.6. The Morgan fingerprint density at radius 2 is 2.22 bits per heavy atom. The Morgan fingerprint density at radius 3 is 2.72 bits per heavy atom. The molecule has 18 heavy (non-hydrogen) atoms. The van der Waals surface area contributed by atoms with E-state index in [1.54, 1.807) is 0 Å². The molecule has 1 aromatic rings. The normalized spacial score (nSPS) is 14.9. The number of rotatable bonds is 5. The fourth-order valence-corrected chi connectivity index (χ4v) is 2.14. The monoisotopic (exact) mass is 268 g/mol. The summed E-state index contributed by atoms with van der Waals surface area (Å²) in [6, 6.07) is 3.47. The van der Waals surface area contributed by atoms with Crippen LogP contribution in [0.5, 0.6) is 0 Å². The van der Waals surface area contributed by atoms with Gasteiger partial charge in [0.2, 0.25) is 0 Å². The third-order valence-electron chi connectivity index (χ3n) is 2.89. The Labute approximate surface area is 112 Å². The van der Waals surface area contributed by atoms with E-state index in [0.717, 1.165) is 19.4 Å². The molecule has 0 aliphatic heterocycles. The van der Waals surface area contributed by atoms with Crippen molar-refractivity contribution in [2.45, 2.75) is 32.7 Å². The summed E-state index contributed by atoms with van der Waals surface area (Å²) < 4.78 is 0. The zero-order valence-corrected chi connectivity index (χ0v) is 11.3. The molecule has 0 amide bonds. The van der Waals surface area contributed by atoms with Gasteiger partial charge in [-0.2, -0.15) is 0 Å². The van der Waals surface area contributed by atoms with Crippen molar-refractivity contribution < 1.29 is 9.90 Å². The number of carboxylic acids is 1. The van der Waals surface area contributed by atoms with Crippen LogP contribution in [-0.2, 0) is 0 Å². The predicted molar refractivity (Wildman–Crippen MR) is 71.4 cm³/mol. The van der Waals surface area contributed by atoms with E-state index in [4.69, 9.17) is 11.6 Å². The van der Waals surface area contributed by atoms with Crippen molar-refractivity contribution in [1.82, 2.24) is 4.98 Å². The van der Waals surface area contributed by atoms with Crippen molar-refractivity contribution in [2.24, 2.45) is 5.92 Å². The lowest BCUT2D eigenvalue weighted by molar-refractivity contribution is 0.0697. The van der Waals surface area contributed by atoms with Crippen LogP contribution in [-0.4, -0.2) is 28.6 Å². The number of nitrogens with zero attached hydrogens (tertiary/aromatic N) is 2. The van der Waals surface area contributed by atoms with Gasteiger partial charge >= 0.3 is 5.97 Å². The Kier molecular flexibility index (Phi) is 3.76. The second kappa shape index (κ2) is 5.14. The van der Waals surface area contributed by atoms with E-state index in [1.807, 2.05) is 0 Å². The van der Waals surface area contributed by atoms with Crippen LogP contribution in [0.4, 0.5) is 5.82 Å². The lowest BCUT2D eigenvalue weighted by atomic mass is 10.1. The Balaban J connectivity index is 2.38. The minimum Gasteiger partial charge on any atom is -0.478 e. The molecule has 0 saturated heterocycles. The van der Waals surface area contributed by atoms with Crippen LogP contribution in [0.1, 0.15) is 37.0 Å². The van der Waals surface area contributed by atoms with Gasteiger partial charge in [0, 0.05) is 12.6 Å². The third kappa shape index (κ3) is 2.93. The highest BCUT2D eigenvalue weighted by atomic mass is 35.5. The second-order valence-electron chi connectivity index (χ2n) is 5.09. The summed E-state index contributed by atoms with van der Waals surface area (Å²) >= 11 is 5.90. The van der Waals surface area contributed by atoms with Gasteiger partial charge in [-0.15, -0.1) is 0 Å². The van der Waals surface area contributed by atoms with Crippen LogP contribution < -0.4 is 4.90 Å². The minimum atomic E-state index is -0.955. The molecule has 1 aliphatic carbocycles. The second-order valence-corrected chi connectivity index (χ2v) is 5.47. The molecule has 0 bridgehead atoms. The molecule has 0 unspecified atom stereocenters. The quantitative estimate of drug-likeness (QED) is 0.834. The summed E-state index contributed by atoms with van der Waals surface area (Å²) in [7, 11) is 0. The first-order valence-corrected chi connectivity index (χ1v) is 6.53. The number of carbonyl (C=O) groups is 1. The van der Waals surface area contributed by atoms with E-state index >= 15 is 0 Å². The SMILES string of the molecule is CC(C)CN(c1nc(Cl)ccc1C(=O)O)C1CC1. The molecule has 5 heteroatoms. The first-order valence-electron chi connectivity index (χ1n) is 6.15. The molecule has 2 rings (SSSR count). The fraction of sp³-hybridized carbons (Fsp3) is 0.538. The third-order valence-corrected chi connectivity index (χ3v) is 3.10. The number of carboxylic acid groups (broad SMARTS) is 1. The summed E-state index contributed by atoms with van der Waals surface area (Å²) in [5.74, 6) is 0.00259. The maximum Gasteiger partial charge on any atom is 0.339 e. The molecular weight excluding hydrogens is 252 g/mol. The van der Waals surface area contributed by atoms with E-state index in [2.05, 4.69) is 23.7 Å². The molecule has 1 N–H and O–H groups in total. The van der Waals surface area contributed by atoms with Crippen LogP contribution >= 0.6 is 11.6 Å². The van der Waals surface area contributed by atoms with Crippen molar-refractivity contribution >= 4 is 23.4 Å². The highest BCUT2D eigenvalue weighted by Gasteiger charge is 2.32. The van der Waals surface area contributed by atoms with Gasteiger partial charge in [0.05, 0.1) is 0 Å². The lowest BCUT2D eigenvalue weighted by Crippen LogP contribution is -2.32. The van der Waals surface area contributed by atoms with Crippen molar-refractivity contribution in [2.75, 3.05) is 11.4 Å². The van der Waals surface area contributed by atoms with E-state index in [0.29, 0.717) is 22.9 Å². The highest BCUT2D eigenvalue weighted by Crippen LogP contribution is 2.33. The first kappa shape index (κ1) is 13.1. The van der Waals surface area contributed by atoms with Crippen LogP contribution in [0.15, 0.2) is 12.1 Å². The first-order chi connectivity index (χ1) is 8.49. The molecule has 1 aliphatic rings. The Bertz CT molecular complexity index is 458. The van der Waals surface area contributed by atoms with Gasteiger partial charge in [-0.1, -0.05) is 25.4 Å². The van der Waals surface area contributed by atoms with Crippen LogP contribution in [0.25, 0.3) is 0 Å². The molecule has 0 atom stereocenters. The summed E-state index contributed by atoms with van der Waals surface area (Å²) in [6.07, 6.45) is 2.19. The van der Waals surface area contributed by atoms with E-state index in [1.165, 1.54) is 12.1 Å². The van der Waals surface area contributed by atoms with Gasteiger partial charge in [-0.3, -0.25) is 0 Å². The maximum atomic E-state index is 11.3. The fourth-order valence-electron chi connectivity index (χ4n) is 2.00. The number of pyridine rings is 1. The molecule has 1 aromatic heterocycles. The number of aromatic carboxylic acids is 1. The van der Waals surface area contributed by atoms with Crippen LogP contribution in [0, 0.1) is 5.92 Å². The maximum absolute atomic E-state index is 11.3. The van der Waals surface area contributed by atoms with Crippen LogP contribution in [0.2, 0.25) is 5.15 Å². The standard InChI is InChI=1S/C13H17ClN2O2/c1-8(2)7-16(9-3-4-9)12-10(13(17)18)5-6-11(14)15-12/h5-6,8-9H,3-4,7H2,1-2H3,(H,17,18). The van der Waals surface area contributed by atoms with Gasteiger partial charge in [-0.25, -0.2) is 9.78 Å². The van der Waals surface area contributed by atoms with E-state index in [9.17, 15) is 9.90 Å². The molecule has 1 fully saturated rings. The molecule has 1 heterocycles. The van der Waals surface area contributed by atoms with Gasteiger partial charge in [0.15, 0.2) is 0 Å². The topological polar surface area (TPSA) is 53.4 Å². The Hall–Kier alpha value is -1.29.